The van der Waals surface area contributed by atoms with E-state index in [0.29, 0.717) is 17.1 Å². The lowest BCUT2D eigenvalue weighted by atomic mass is 10.1. The van der Waals surface area contributed by atoms with E-state index < -0.39 is 0 Å². The third-order valence-electron chi connectivity index (χ3n) is 4.11. The third kappa shape index (κ3) is 3.07. The summed E-state index contributed by atoms with van der Waals surface area (Å²) in [6.45, 7) is -0.0498. The van der Waals surface area contributed by atoms with Gasteiger partial charge >= 0.3 is 0 Å². The Morgan fingerprint density at radius 1 is 1.00 bits per heavy atom. The van der Waals surface area contributed by atoms with Crippen molar-refractivity contribution in [3.8, 4) is 22.8 Å². The lowest BCUT2D eigenvalue weighted by molar-refractivity contribution is 0.0921. The first-order valence-corrected chi connectivity index (χ1v) is 8.10. The zero-order chi connectivity index (χ0) is 17.9. The molecule has 26 heavy (non-hydrogen) atoms. The summed E-state index contributed by atoms with van der Waals surface area (Å²) in [5, 5.41) is 0.870. The highest BCUT2D eigenvalue weighted by molar-refractivity contribution is 5.97. The molecule has 130 valence electrons. The van der Waals surface area contributed by atoms with Crippen molar-refractivity contribution in [2.45, 2.75) is 0 Å². The molecule has 4 aromatic rings. The van der Waals surface area contributed by atoms with Crippen LogP contribution in [0.15, 0.2) is 76.0 Å². The van der Waals surface area contributed by atoms with Gasteiger partial charge in [0.2, 0.25) is 0 Å². The van der Waals surface area contributed by atoms with Crippen molar-refractivity contribution in [2.75, 3.05) is 13.7 Å². The number of hydrogen-bond donors (Lipinski definition) is 0. The number of furan rings is 2. The Bertz CT molecular complexity index is 1030. The molecule has 0 spiro atoms. The Kier molecular flexibility index (Phi) is 4.19. The van der Waals surface area contributed by atoms with E-state index in [1.165, 1.54) is 0 Å². The van der Waals surface area contributed by atoms with Crippen molar-refractivity contribution in [2.24, 2.45) is 0 Å². The topological polar surface area (TPSA) is 61.8 Å². The number of ether oxygens (including phenoxy) is 2. The number of benzene rings is 2. The maximum Gasteiger partial charge on any atom is 0.200 e. The molecule has 0 saturated carbocycles. The van der Waals surface area contributed by atoms with Crippen molar-refractivity contribution < 1.29 is 23.1 Å². The maximum absolute atomic E-state index is 12.3. The Morgan fingerprint density at radius 3 is 2.54 bits per heavy atom. The number of fused-ring (bicyclic) bond motifs is 1. The Hall–Kier alpha value is -3.47. The summed E-state index contributed by atoms with van der Waals surface area (Å²) in [6.07, 6.45) is 3.26. The molecule has 0 aliphatic carbocycles. The fourth-order valence-electron chi connectivity index (χ4n) is 2.73. The minimum Gasteiger partial charge on any atom is -0.497 e. The van der Waals surface area contributed by atoms with E-state index in [1.54, 1.807) is 50.0 Å². The first-order chi connectivity index (χ1) is 12.7. The zero-order valence-corrected chi connectivity index (χ0v) is 14.1. The van der Waals surface area contributed by atoms with Gasteiger partial charge in [-0.2, -0.15) is 0 Å². The van der Waals surface area contributed by atoms with Crippen LogP contribution in [0.5, 0.6) is 11.5 Å². The second-order valence-corrected chi connectivity index (χ2v) is 5.72. The van der Waals surface area contributed by atoms with Crippen LogP contribution in [0.4, 0.5) is 0 Å². The molecule has 2 heterocycles. The number of ketones is 1. The lowest BCUT2D eigenvalue weighted by Gasteiger charge is -2.06. The highest BCUT2D eigenvalue weighted by atomic mass is 16.5. The molecule has 0 saturated heterocycles. The predicted octanol–water partition coefficient (Wildman–Crippen LogP) is 4.96. The van der Waals surface area contributed by atoms with Crippen molar-refractivity contribution >= 4 is 16.8 Å². The Balaban J connectivity index is 1.52. The predicted molar refractivity (Wildman–Crippen MR) is 96.7 cm³/mol. The number of hydrogen-bond acceptors (Lipinski definition) is 5. The highest BCUT2D eigenvalue weighted by Gasteiger charge is 2.12. The molecule has 0 aliphatic rings. The van der Waals surface area contributed by atoms with E-state index in [9.17, 15) is 4.79 Å². The van der Waals surface area contributed by atoms with Crippen LogP contribution in [0.2, 0.25) is 0 Å². The minimum atomic E-state index is -0.105. The van der Waals surface area contributed by atoms with Gasteiger partial charge in [0.05, 0.1) is 18.9 Å². The first-order valence-electron chi connectivity index (χ1n) is 8.10. The van der Waals surface area contributed by atoms with Crippen molar-refractivity contribution in [1.29, 1.82) is 0 Å². The summed E-state index contributed by atoms with van der Waals surface area (Å²) in [6, 6.07) is 16.1. The summed E-state index contributed by atoms with van der Waals surface area (Å²) < 4.78 is 21.8. The largest absolute Gasteiger partial charge is 0.497 e. The molecular formula is C21H16O5. The van der Waals surface area contributed by atoms with Gasteiger partial charge in [-0.1, -0.05) is 0 Å². The van der Waals surface area contributed by atoms with Gasteiger partial charge in [-0.3, -0.25) is 4.79 Å². The van der Waals surface area contributed by atoms with E-state index in [1.807, 2.05) is 24.3 Å². The fraction of sp³-hybridized carbons (Fsp3) is 0.0952. The van der Waals surface area contributed by atoms with Crippen LogP contribution in [0, 0.1) is 0 Å². The molecular weight excluding hydrogens is 332 g/mol. The highest BCUT2D eigenvalue weighted by Crippen LogP contribution is 2.33. The molecule has 0 bridgehead atoms. The molecule has 5 nitrogen and oxygen atoms in total. The Labute approximate surface area is 149 Å². The van der Waals surface area contributed by atoms with Crippen LogP contribution >= 0.6 is 0 Å². The summed E-state index contributed by atoms with van der Waals surface area (Å²) >= 11 is 0. The van der Waals surface area contributed by atoms with Crippen LogP contribution in [-0.4, -0.2) is 19.5 Å². The number of carbonyl (C=O) groups excluding carboxylic acids is 1. The van der Waals surface area contributed by atoms with Gasteiger partial charge in [0.15, 0.2) is 12.4 Å². The minimum absolute atomic E-state index is 0.0498. The maximum atomic E-state index is 12.3. The van der Waals surface area contributed by atoms with Crippen molar-refractivity contribution in [3.63, 3.8) is 0 Å². The smallest absolute Gasteiger partial charge is 0.200 e. The van der Waals surface area contributed by atoms with E-state index in [2.05, 4.69) is 0 Å². The van der Waals surface area contributed by atoms with E-state index in [0.717, 1.165) is 22.3 Å². The monoisotopic (exact) mass is 348 g/mol. The molecule has 2 aromatic carbocycles. The quantitative estimate of drug-likeness (QED) is 0.461. The zero-order valence-electron chi connectivity index (χ0n) is 14.1. The summed E-state index contributed by atoms with van der Waals surface area (Å²) in [5.74, 6) is 1.91. The summed E-state index contributed by atoms with van der Waals surface area (Å²) in [4.78, 5) is 12.3. The van der Waals surface area contributed by atoms with E-state index in [-0.39, 0.29) is 12.4 Å². The van der Waals surface area contributed by atoms with Crippen LogP contribution in [0.3, 0.4) is 0 Å². The number of rotatable bonds is 6. The molecule has 5 heteroatoms. The standard InChI is InChI=1S/C21H16O5/c1-23-15-6-4-14(5-7-15)19(22)13-25-16-8-9-21-17(11-16)18(12-26-21)20-3-2-10-24-20/h2-12H,13H2,1H3. The molecule has 0 amide bonds. The van der Waals surface area contributed by atoms with Crippen LogP contribution in [0.25, 0.3) is 22.3 Å². The third-order valence-corrected chi connectivity index (χ3v) is 4.11. The normalized spacial score (nSPS) is 10.8. The first kappa shape index (κ1) is 16.0. The average Bonchev–Trinajstić information content (AvgIpc) is 3.35. The molecule has 0 atom stereocenters. The van der Waals surface area contributed by atoms with Crippen molar-refractivity contribution in [3.05, 3.63) is 72.7 Å². The van der Waals surface area contributed by atoms with Gasteiger partial charge in [0, 0.05) is 10.9 Å². The number of Topliss-reactive ketones (excluding diaryl/α,β-unsaturated/α-hetero) is 1. The second kappa shape index (κ2) is 6.80. The lowest BCUT2D eigenvalue weighted by Crippen LogP contribution is -2.11. The molecule has 4 rings (SSSR count). The van der Waals surface area contributed by atoms with E-state index >= 15 is 0 Å². The van der Waals surface area contributed by atoms with Gasteiger partial charge in [-0.05, 0) is 54.6 Å². The van der Waals surface area contributed by atoms with Crippen LogP contribution < -0.4 is 9.47 Å². The van der Waals surface area contributed by atoms with E-state index in [4.69, 9.17) is 18.3 Å². The average molecular weight is 348 g/mol. The fourth-order valence-corrected chi connectivity index (χ4v) is 2.73. The van der Waals surface area contributed by atoms with Gasteiger partial charge in [-0.15, -0.1) is 0 Å². The molecule has 2 aromatic heterocycles. The van der Waals surface area contributed by atoms with Crippen molar-refractivity contribution in [1.82, 2.24) is 0 Å². The van der Waals surface area contributed by atoms with Crippen LogP contribution in [-0.2, 0) is 0 Å². The number of carbonyl (C=O) groups is 1. The molecule has 0 aliphatic heterocycles. The summed E-state index contributed by atoms with van der Waals surface area (Å²) in [7, 11) is 1.59. The molecule has 0 unspecified atom stereocenters. The summed E-state index contributed by atoms with van der Waals surface area (Å²) in [5.41, 5.74) is 2.15. The second-order valence-electron chi connectivity index (χ2n) is 5.72. The molecule has 0 radical (unpaired) electrons. The van der Waals surface area contributed by atoms with Gasteiger partial charge in [0.1, 0.15) is 29.1 Å². The molecule has 0 fully saturated rings. The molecule has 0 N–H and O–H groups in total. The van der Waals surface area contributed by atoms with Gasteiger partial charge < -0.3 is 18.3 Å². The number of methoxy groups -OCH3 is 1. The SMILES string of the molecule is COc1ccc(C(=O)COc2ccc3occ(-c4ccco4)c3c2)cc1. The van der Waals surface area contributed by atoms with Crippen LogP contribution in [0.1, 0.15) is 10.4 Å². The van der Waals surface area contributed by atoms with Gasteiger partial charge in [-0.25, -0.2) is 0 Å². The Morgan fingerprint density at radius 2 is 1.81 bits per heavy atom. The van der Waals surface area contributed by atoms with Gasteiger partial charge in [0.25, 0.3) is 0 Å².